The van der Waals surface area contributed by atoms with Gasteiger partial charge in [-0.25, -0.2) is 4.79 Å². The number of rotatable bonds is 7. The zero-order valence-electron chi connectivity index (χ0n) is 20.1. The van der Waals surface area contributed by atoms with Crippen molar-refractivity contribution in [1.29, 1.82) is 10.5 Å². The molecule has 0 radical (unpaired) electrons. The van der Waals surface area contributed by atoms with Crippen LogP contribution in [0.5, 0.6) is 0 Å². The number of esters is 1. The number of nitriles is 2. The molecule has 2 aromatic carbocycles. The van der Waals surface area contributed by atoms with Crippen LogP contribution in [0.25, 0.3) is 11.1 Å². The molecule has 0 unspecified atom stereocenters. The van der Waals surface area contributed by atoms with Crippen molar-refractivity contribution in [3.8, 4) is 12.1 Å². The molecule has 0 atom stereocenters. The average Bonchev–Trinajstić information content (AvgIpc) is 2.84. The normalized spacial score (nSPS) is 11.6. The Bertz CT molecular complexity index is 1060. The fraction of sp³-hybridized carbons (Fsp3) is 0.321. The minimum absolute atomic E-state index is 0.0558. The van der Waals surface area contributed by atoms with E-state index in [1.807, 2.05) is 75.4 Å². The zero-order valence-corrected chi connectivity index (χ0v) is 20.1. The SMILES string of the molecule is CC(C#N)=C(C)c1ccc(CO)cc1.CCCCOC(=O)C(C#N)=C(C)c1ccc(C)cc1. The van der Waals surface area contributed by atoms with Gasteiger partial charge in [0.05, 0.1) is 19.3 Å². The van der Waals surface area contributed by atoms with Gasteiger partial charge in [-0.1, -0.05) is 67.4 Å². The van der Waals surface area contributed by atoms with Gasteiger partial charge in [-0.05, 0) is 62.0 Å². The van der Waals surface area contributed by atoms with Gasteiger partial charge < -0.3 is 9.84 Å². The Hall–Kier alpha value is -3.67. The predicted molar refractivity (Wildman–Crippen MR) is 131 cm³/mol. The Kier molecular flexibility index (Phi) is 11.9. The van der Waals surface area contributed by atoms with E-state index >= 15 is 0 Å². The van der Waals surface area contributed by atoms with E-state index in [0.29, 0.717) is 12.2 Å². The van der Waals surface area contributed by atoms with Crippen molar-refractivity contribution in [2.75, 3.05) is 6.61 Å². The third-order valence-corrected chi connectivity index (χ3v) is 5.21. The second-order valence-corrected chi connectivity index (χ2v) is 7.68. The summed E-state index contributed by atoms with van der Waals surface area (Å²) in [6.45, 7) is 9.92. The van der Waals surface area contributed by atoms with E-state index in [1.165, 1.54) is 0 Å². The van der Waals surface area contributed by atoms with Crippen LogP contribution in [0.2, 0.25) is 0 Å². The number of nitrogens with zero attached hydrogens (tertiary/aromatic N) is 2. The monoisotopic (exact) mass is 444 g/mol. The first kappa shape index (κ1) is 27.4. The number of ether oxygens (including phenoxy) is 1. The predicted octanol–water partition coefficient (Wildman–Crippen LogP) is 6.13. The molecular weight excluding hydrogens is 412 g/mol. The van der Waals surface area contributed by atoms with Crippen molar-refractivity contribution < 1.29 is 14.6 Å². The molecule has 0 bridgehead atoms. The van der Waals surface area contributed by atoms with Gasteiger partial charge in [-0.3, -0.25) is 0 Å². The standard InChI is InChI=1S/C16H19NO2.C12H13NO/c1-4-5-10-19-16(18)15(11-17)13(3)14-8-6-12(2)7-9-14;1-9(7-13)10(2)12-5-3-11(8-14)4-6-12/h6-9H,4-5,10H2,1-3H3;3-6,14H,8H2,1-2H3. The van der Waals surface area contributed by atoms with E-state index in [0.717, 1.165) is 46.2 Å². The first-order chi connectivity index (χ1) is 15.8. The molecule has 0 spiro atoms. The molecule has 0 saturated heterocycles. The molecule has 0 aliphatic carbocycles. The van der Waals surface area contributed by atoms with E-state index in [2.05, 4.69) is 6.07 Å². The molecule has 0 heterocycles. The molecule has 0 saturated carbocycles. The maximum absolute atomic E-state index is 11.8. The fourth-order valence-electron chi connectivity index (χ4n) is 2.77. The molecular formula is C28H32N2O3. The summed E-state index contributed by atoms with van der Waals surface area (Å²) in [5, 5.41) is 26.7. The van der Waals surface area contributed by atoms with Crippen LogP contribution in [0.15, 0.2) is 59.7 Å². The van der Waals surface area contributed by atoms with E-state index < -0.39 is 5.97 Å². The van der Waals surface area contributed by atoms with E-state index in [1.54, 1.807) is 13.8 Å². The van der Waals surface area contributed by atoms with Crippen LogP contribution in [0.1, 0.15) is 62.8 Å². The van der Waals surface area contributed by atoms with Gasteiger partial charge >= 0.3 is 5.97 Å². The van der Waals surface area contributed by atoms with Gasteiger partial charge in [-0.2, -0.15) is 10.5 Å². The lowest BCUT2D eigenvalue weighted by atomic mass is 10.0. The lowest BCUT2D eigenvalue weighted by molar-refractivity contribution is -0.138. The van der Waals surface area contributed by atoms with Crippen LogP contribution < -0.4 is 0 Å². The van der Waals surface area contributed by atoms with Crippen LogP contribution in [0, 0.1) is 29.6 Å². The molecule has 2 rings (SSSR count). The highest BCUT2D eigenvalue weighted by molar-refractivity contribution is 6.01. The second-order valence-electron chi connectivity index (χ2n) is 7.68. The van der Waals surface area contributed by atoms with Gasteiger partial charge in [0.2, 0.25) is 0 Å². The summed E-state index contributed by atoms with van der Waals surface area (Å²) in [5.41, 5.74) is 6.37. The molecule has 0 amide bonds. The Morgan fingerprint density at radius 1 is 0.909 bits per heavy atom. The lowest BCUT2D eigenvalue weighted by Gasteiger charge is -2.07. The maximum Gasteiger partial charge on any atom is 0.349 e. The first-order valence-electron chi connectivity index (χ1n) is 10.9. The number of hydrogen-bond acceptors (Lipinski definition) is 5. The summed E-state index contributed by atoms with van der Waals surface area (Å²) < 4.78 is 5.08. The van der Waals surface area contributed by atoms with Gasteiger partial charge in [-0.15, -0.1) is 0 Å². The largest absolute Gasteiger partial charge is 0.462 e. The highest BCUT2D eigenvalue weighted by Gasteiger charge is 2.15. The lowest BCUT2D eigenvalue weighted by Crippen LogP contribution is -2.09. The Morgan fingerprint density at radius 3 is 1.94 bits per heavy atom. The quantitative estimate of drug-likeness (QED) is 0.240. The third kappa shape index (κ3) is 8.77. The van der Waals surface area contributed by atoms with Gasteiger partial charge in [0, 0.05) is 5.57 Å². The van der Waals surface area contributed by atoms with Crippen molar-refractivity contribution in [3.05, 3.63) is 81.9 Å². The minimum atomic E-state index is -0.533. The number of carbonyl (C=O) groups is 1. The molecule has 5 nitrogen and oxygen atoms in total. The average molecular weight is 445 g/mol. The van der Waals surface area contributed by atoms with Gasteiger partial charge in [0.15, 0.2) is 0 Å². The number of hydrogen-bond donors (Lipinski definition) is 1. The minimum Gasteiger partial charge on any atom is -0.462 e. The summed E-state index contributed by atoms with van der Waals surface area (Å²) in [6, 6.07) is 19.4. The first-order valence-corrected chi connectivity index (χ1v) is 10.9. The van der Waals surface area contributed by atoms with Gasteiger partial charge in [0.25, 0.3) is 0 Å². The zero-order chi connectivity index (χ0) is 24.8. The van der Waals surface area contributed by atoms with Crippen molar-refractivity contribution in [1.82, 2.24) is 0 Å². The summed E-state index contributed by atoms with van der Waals surface area (Å²) in [5.74, 6) is -0.533. The Balaban J connectivity index is 0.000000346. The smallest absolute Gasteiger partial charge is 0.349 e. The molecule has 0 aromatic heterocycles. The van der Waals surface area contributed by atoms with Crippen LogP contribution in [-0.4, -0.2) is 17.7 Å². The third-order valence-electron chi connectivity index (χ3n) is 5.21. The van der Waals surface area contributed by atoms with E-state index in [4.69, 9.17) is 20.4 Å². The van der Waals surface area contributed by atoms with E-state index in [9.17, 15) is 4.79 Å². The van der Waals surface area contributed by atoms with Crippen molar-refractivity contribution in [3.63, 3.8) is 0 Å². The van der Waals surface area contributed by atoms with Crippen LogP contribution in [0.4, 0.5) is 0 Å². The molecule has 1 N–H and O–H groups in total. The summed E-state index contributed by atoms with van der Waals surface area (Å²) in [6.07, 6.45) is 1.77. The number of unbranched alkanes of at least 4 members (excludes halogenated alkanes) is 1. The molecule has 0 fully saturated rings. The van der Waals surface area contributed by atoms with Crippen LogP contribution >= 0.6 is 0 Å². The highest BCUT2D eigenvalue weighted by atomic mass is 16.5. The number of benzene rings is 2. The molecule has 172 valence electrons. The Morgan fingerprint density at radius 2 is 1.45 bits per heavy atom. The number of carbonyl (C=O) groups excluding carboxylic acids is 1. The number of allylic oxidation sites excluding steroid dienone is 3. The van der Waals surface area contributed by atoms with Crippen molar-refractivity contribution >= 4 is 17.1 Å². The molecule has 0 aliphatic heterocycles. The van der Waals surface area contributed by atoms with E-state index in [-0.39, 0.29) is 12.2 Å². The highest BCUT2D eigenvalue weighted by Crippen LogP contribution is 2.20. The molecule has 0 aliphatic rings. The summed E-state index contributed by atoms with van der Waals surface area (Å²) in [7, 11) is 0. The number of aliphatic hydroxyl groups excluding tert-OH is 1. The maximum atomic E-state index is 11.8. The number of aliphatic hydroxyl groups is 1. The Labute approximate surface area is 197 Å². The van der Waals surface area contributed by atoms with Gasteiger partial charge in [0.1, 0.15) is 11.6 Å². The second kappa shape index (κ2) is 14.4. The topological polar surface area (TPSA) is 94.1 Å². The summed E-state index contributed by atoms with van der Waals surface area (Å²) >= 11 is 0. The van der Waals surface area contributed by atoms with Crippen LogP contribution in [0.3, 0.4) is 0 Å². The number of aryl methyl sites for hydroxylation is 1. The molecule has 33 heavy (non-hydrogen) atoms. The fourth-order valence-corrected chi connectivity index (χ4v) is 2.77. The molecule has 2 aromatic rings. The van der Waals surface area contributed by atoms with Crippen molar-refractivity contribution in [2.24, 2.45) is 0 Å². The molecule has 5 heteroatoms. The van der Waals surface area contributed by atoms with Crippen molar-refractivity contribution in [2.45, 2.75) is 54.1 Å². The summed E-state index contributed by atoms with van der Waals surface area (Å²) in [4.78, 5) is 11.8. The van der Waals surface area contributed by atoms with Crippen LogP contribution in [-0.2, 0) is 16.1 Å².